The molecule has 0 atom stereocenters. The first kappa shape index (κ1) is 13.8. The fourth-order valence-corrected chi connectivity index (χ4v) is 2.79. The predicted octanol–water partition coefficient (Wildman–Crippen LogP) is 2.37. The molecule has 0 amide bonds. The normalized spacial score (nSPS) is 11.3. The summed E-state index contributed by atoms with van der Waals surface area (Å²) in [7, 11) is -3.90. The van der Waals surface area contributed by atoms with Crippen LogP contribution in [0.1, 0.15) is 0 Å². The number of rotatable bonds is 3. The number of pyridine rings is 1. The van der Waals surface area contributed by atoms with Crippen molar-refractivity contribution in [1.82, 2.24) is 4.98 Å². The van der Waals surface area contributed by atoms with Crippen molar-refractivity contribution in [2.24, 2.45) is 0 Å². The van der Waals surface area contributed by atoms with Gasteiger partial charge in [-0.3, -0.25) is 4.72 Å². The highest BCUT2D eigenvalue weighted by Gasteiger charge is 2.16. The minimum atomic E-state index is -3.90. The molecule has 0 radical (unpaired) electrons. The van der Waals surface area contributed by atoms with Crippen LogP contribution in [0.3, 0.4) is 0 Å². The Labute approximate surface area is 117 Å². The Kier molecular flexibility index (Phi) is 3.72. The lowest BCUT2D eigenvalue weighted by atomic mass is 10.3. The number of nitrogen functional groups attached to an aromatic ring is 1. The van der Waals surface area contributed by atoms with E-state index in [1.807, 2.05) is 0 Å². The van der Waals surface area contributed by atoms with Crippen molar-refractivity contribution in [2.75, 3.05) is 10.5 Å². The molecular formula is C11H9BrFN3O2S. The SMILES string of the molecule is Nc1cc(S(=O)(=O)Nc2ccc(Br)cc2F)ccn1. The van der Waals surface area contributed by atoms with Gasteiger partial charge in [-0.1, -0.05) is 15.9 Å². The molecule has 0 aliphatic heterocycles. The molecule has 0 saturated carbocycles. The van der Waals surface area contributed by atoms with Crippen LogP contribution in [0.5, 0.6) is 0 Å². The number of aromatic nitrogens is 1. The molecule has 8 heteroatoms. The Bertz CT molecular complexity index is 722. The summed E-state index contributed by atoms with van der Waals surface area (Å²) >= 11 is 3.09. The number of nitrogens with one attached hydrogen (secondary N) is 1. The quantitative estimate of drug-likeness (QED) is 0.894. The molecule has 0 bridgehead atoms. The first-order chi connectivity index (χ1) is 8.88. The minimum absolute atomic E-state index is 0.0687. The minimum Gasteiger partial charge on any atom is -0.384 e. The second kappa shape index (κ2) is 5.14. The molecule has 100 valence electrons. The molecule has 1 aromatic carbocycles. The highest BCUT2D eigenvalue weighted by Crippen LogP contribution is 2.22. The third-order valence-electron chi connectivity index (χ3n) is 2.24. The molecule has 2 rings (SSSR count). The van der Waals surface area contributed by atoms with Gasteiger partial charge in [0.05, 0.1) is 10.6 Å². The lowest BCUT2D eigenvalue weighted by Crippen LogP contribution is -2.14. The lowest BCUT2D eigenvalue weighted by Gasteiger charge is -2.09. The number of nitrogens with two attached hydrogens (primary N) is 1. The predicted molar refractivity (Wildman–Crippen MR) is 73.6 cm³/mol. The molecule has 0 fully saturated rings. The highest BCUT2D eigenvalue weighted by atomic mass is 79.9. The summed E-state index contributed by atoms with van der Waals surface area (Å²) in [6, 6.07) is 6.48. The molecule has 0 aliphatic rings. The van der Waals surface area contributed by atoms with Crippen LogP contribution >= 0.6 is 15.9 Å². The van der Waals surface area contributed by atoms with Crippen molar-refractivity contribution in [3.8, 4) is 0 Å². The van der Waals surface area contributed by atoms with Crippen molar-refractivity contribution in [3.05, 3.63) is 46.8 Å². The number of sulfonamides is 1. The van der Waals surface area contributed by atoms with Gasteiger partial charge in [-0.2, -0.15) is 0 Å². The monoisotopic (exact) mass is 345 g/mol. The molecule has 0 saturated heterocycles. The van der Waals surface area contributed by atoms with E-state index in [-0.39, 0.29) is 16.4 Å². The van der Waals surface area contributed by atoms with Gasteiger partial charge in [0.1, 0.15) is 11.6 Å². The van der Waals surface area contributed by atoms with Gasteiger partial charge >= 0.3 is 0 Å². The van der Waals surface area contributed by atoms with E-state index in [2.05, 4.69) is 25.6 Å². The standard InChI is InChI=1S/C11H9BrFN3O2S/c12-7-1-2-10(9(13)5-7)16-19(17,18)8-3-4-15-11(14)6-8/h1-6,16H,(H2,14,15). The molecule has 0 aliphatic carbocycles. The zero-order chi connectivity index (χ0) is 14.0. The van der Waals surface area contributed by atoms with Gasteiger partial charge in [0, 0.05) is 16.7 Å². The average Bonchev–Trinajstić information content (AvgIpc) is 2.33. The molecule has 5 nitrogen and oxygen atoms in total. The smallest absolute Gasteiger partial charge is 0.262 e. The van der Waals surface area contributed by atoms with Gasteiger partial charge in [-0.15, -0.1) is 0 Å². The number of halogens is 2. The van der Waals surface area contributed by atoms with Crippen molar-refractivity contribution in [1.29, 1.82) is 0 Å². The van der Waals surface area contributed by atoms with E-state index in [4.69, 9.17) is 5.73 Å². The van der Waals surface area contributed by atoms with E-state index < -0.39 is 15.8 Å². The van der Waals surface area contributed by atoms with E-state index in [0.29, 0.717) is 4.47 Å². The molecule has 1 heterocycles. The van der Waals surface area contributed by atoms with Crippen LogP contribution in [0.4, 0.5) is 15.9 Å². The van der Waals surface area contributed by atoms with Crippen molar-refractivity contribution in [3.63, 3.8) is 0 Å². The van der Waals surface area contributed by atoms with Gasteiger partial charge in [0.25, 0.3) is 10.0 Å². The molecule has 1 aromatic heterocycles. The van der Waals surface area contributed by atoms with Crippen LogP contribution in [0.15, 0.2) is 45.9 Å². The molecule has 0 unspecified atom stereocenters. The zero-order valence-electron chi connectivity index (χ0n) is 9.47. The summed E-state index contributed by atoms with van der Waals surface area (Å²) in [5, 5.41) is 0. The Morgan fingerprint density at radius 1 is 1.26 bits per heavy atom. The second-order valence-corrected chi connectivity index (χ2v) is 6.24. The van der Waals surface area contributed by atoms with Crippen molar-refractivity contribution >= 4 is 37.5 Å². The number of benzene rings is 1. The summed E-state index contributed by atoms with van der Waals surface area (Å²) in [6.45, 7) is 0. The van der Waals surface area contributed by atoms with Crippen LogP contribution in [0.2, 0.25) is 0 Å². The van der Waals surface area contributed by atoms with E-state index in [1.54, 1.807) is 0 Å². The first-order valence-corrected chi connectivity index (χ1v) is 7.35. The fraction of sp³-hybridized carbons (Fsp3) is 0. The number of hydrogen-bond donors (Lipinski definition) is 2. The molecule has 2 aromatic rings. The van der Waals surface area contributed by atoms with E-state index in [1.165, 1.54) is 36.5 Å². The summed E-state index contributed by atoms with van der Waals surface area (Å²) in [5.41, 5.74) is 5.27. The van der Waals surface area contributed by atoms with Crippen molar-refractivity contribution in [2.45, 2.75) is 4.90 Å². The average molecular weight is 346 g/mol. The third-order valence-corrected chi connectivity index (χ3v) is 4.09. The Balaban J connectivity index is 2.36. The van der Waals surface area contributed by atoms with Gasteiger partial charge in [0.15, 0.2) is 0 Å². The Morgan fingerprint density at radius 3 is 2.63 bits per heavy atom. The first-order valence-electron chi connectivity index (χ1n) is 5.08. The van der Waals surface area contributed by atoms with Gasteiger partial charge < -0.3 is 5.73 Å². The molecule has 0 spiro atoms. The summed E-state index contributed by atoms with van der Waals surface area (Å²) in [5.74, 6) is -0.612. The summed E-state index contributed by atoms with van der Waals surface area (Å²) in [6.07, 6.45) is 1.27. The van der Waals surface area contributed by atoms with Crippen LogP contribution < -0.4 is 10.5 Å². The number of nitrogens with zero attached hydrogens (tertiary/aromatic N) is 1. The topological polar surface area (TPSA) is 85.1 Å². The molecule has 19 heavy (non-hydrogen) atoms. The highest BCUT2D eigenvalue weighted by molar-refractivity contribution is 9.10. The summed E-state index contributed by atoms with van der Waals surface area (Å²) < 4.78 is 40.3. The van der Waals surface area contributed by atoms with Gasteiger partial charge in [-0.25, -0.2) is 17.8 Å². The maximum Gasteiger partial charge on any atom is 0.262 e. The molecular weight excluding hydrogens is 337 g/mol. The fourth-order valence-electron chi connectivity index (χ4n) is 1.37. The lowest BCUT2D eigenvalue weighted by molar-refractivity contribution is 0.598. The van der Waals surface area contributed by atoms with E-state index >= 15 is 0 Å². The second-order valence-electron chi connectivity index (χ2n) is 3.65. The summed E-state index contributed by atoms with van der Waals surface area (Å²) in [4.78, 5) is 3.61. The Morgan fingerprint density at radius 2 is 2.00 bits per heavy atom. The van der Waals surface area contributed by atoms with E-state index in [9.17, 15) is 12.8 Å². The van der Waals surface area contributed by atoms with E-state index in [0.717, 1.165) is 0 Å². The van der Waals surface area contributed by atoms with Crippen molar-refractivity contribution < 1.29 is 12.8 Å². The largest absolute Gasteiger partial charge is 0.384 e. The number of hydrogen-bond acceptors (Lipinski definition) is 4. The van der Waals surface area contributed by atoms with Crippen LogP contribution in [0.25, 0.3) is 0 Å². The maximum absolute atomic E-state index is 13.6. The van der Waals surface area contributed by atoms with Crippen LogP contribution in [0, 0.1) is 5.82 Å². The van der Waals surface area contributed by atoms with Crippen LogP contribution in [-0.2, 0) is 10.0 Å². The Hall–Kier alpha value is -1.67. The molecule has 3 N–H and O–H groups in total. The maximum atomic E-state index is 13.6. The van der Waals surface area contributed by atoms with Crippen LogP contribution in [-0.4, -0.2) is 13.4 Å². The third kappa shape index (κ3) is 3.21. The zero-order valence-corrected chi connectivity index (χ0v) is 11.9. The number of anilines is 2. The van der Waals surface area contributed by atoms with Gasteiger partial charge in [0.2, 0.25) is 0 Å². The van der Waals surface area contributed by atoms with Gasteiger partial charge in [-0.05, 0) is 24.3 Å².